The summed E-state index contributed by atoms with van der Waals surface area (Å²) in [6, 6.07) is 8.28. The summed E-state index contributed by atoms with van der Waals surface area (Å²) in [7, 11) is 0. The zero-order chi connectivity index (χ0) is 18.3. The van der Waals surface area contributed by atoms with Crippen LogP contribution < -0.4 is 5.32 Å². The second-order valence-corrected chi connectivity index (χ2v) is 5.64. The molecular weight excluding hydrogens is 350 g/mol. The van der Waals surface area contributed by atoms with Crippen LogP contribution in [0.5, 0.6) is 0 Å². The average Bonchev–Trinajstić information content (AvgIpc) is 3.07. The molecule has 0 aliphatic carbocycles. The highest BCUT2D eigenvalue weighted by Crippen LogP contribution is 2.35. The molecule has 0 spiro atoms. The minimum Gasteiger partial charge on any atom is -0.324 e. The largest absolute Gasteiger partial charge is 0.453 e. The Morgan fingerprint density at radius 2 is 1.69 bits per heavy atom. The molecule has 3 aromatic rings. The second-order valence-electron chi connectivity index (χ2n) is 5.64. The maximum absolute atomic E-state index is 13.2. The van der Waals surface area contributed by atoms with E-state index in [2.05, 4.69) is 20.4 Å². The fourth-order valence-corrected chi connectivity index (χ4v) is 2.71. The van der Waals surface area contributed by atoms with Gasteiger partial charge in [0.2, 0.25) is 5.95 Å². The maximum Gasteiger partial charge on any atom is 0.453 e. The summed E-state index contributed by atoms with van der Waals surface area (Å²) in [6.45, 7) is 0. The Balaban J connectivity index is 1.84. The van der Waals surface area contributed by atoms with E-state index in [1.165, 1.54) is 24.3 Å². The summed E-state index contributed by atoms with van der Waals surface area (Å²) in [5.74, 6) is -1.71. The summed E-state index contributed by atoms with van der Waals surface area (Å²) < 4.78 is 53.5. The summed E-state index contributed by atoms with van der Waals surface area (Å²) in [4.78, 5) is 7.51. The van der Waals surface area contributed by atoms with Gasteiger partial charge in [-0.25, -0.2) is 9.07 Å². The van der Waals surface area contributed by atoms with Gasteiger partial charge in [0.25, 0.3) is 5.82 Å². The number of allylic oxidation sites excluding steroid dienone is 1. The lowest BCUT2D eigenvalue weighted by atomic mass is 10.0. The summed E-state index contributed by atoms with van der Waals surface area (Å²) in [6.07, 6.45) is 0.192. The van der Waals surface area contributed by atoms with E-state index in [1.54, 1.807) is 30.6 Å². The standard InChI is InChI=1S/C17H11F4N5/c18-12-3-1-11(2-4-12)14-9-13(10-5-7-22-8-6-10)23-16-24-15(17(19,20)21)25-26(14)16/h1-9,14H,(H,23,24,25)/t14-/m1/s1. The molecule has 0 saturated carbocycles. The lowest BCUT2D eigenvalue weighted by Crippen LogP contribution is -2.20. The average molecular weight is 361 g/mol. The number of halogens is 4. The lowest BCUT2D eigenvalue weighted by molar-refractivity contribution is -0.145. The van der Waals surface area contributed by atoms with Crippen LogP contribution in [0.15, 0.2) is 54.9 Å². The van der Waals surface area contributed by atoms with Crippen LogP contribution in [-0.2, 0) is 6.18 Å². The fourth-order valence-electron chi connectivity index (χ4n) is 2.71. The Labute approximate surface area is 145 Å². The van der Waals surface area contributed by atoms with E-state index in [1.807, 2.05) is 0 Å². The quantitative estimate of drug-likeness (QED) is 0.704. The van der Waals surface area contributed by atoms with Crippen molar-refractivity contribution < 1.29 is 17.6 Å². The molecule has 26 heavy (non-hydrogen) atoms. The van der Waals surface area contributed by atoms with Crippen LogP contribution in [0.1, 0.15) is 23.0 Å². The van der Waals surface area contributed by atoms with E-state index >= 15 is 0 Å². The first-order valence-electron chi connectivity index (χ1n) is 7.60. The number of pyridine rings is 1. The first-order chi connectivity index (χ1) is 12.4. The van der Waals surface area contributed by atoms with Gasteiger partial charge in [0.05, 0.1) is 0 Å². The molecule has 0 amide bonds. The predicted molar refractivity (Wildman–Crippen MR) is 85.4 cm³/mol. The molecule has 0 fully saturated rings. The van der Waals surface area contributed by atoms with Crippen LogP contribution in [0, 0.1) is 5.82 Å². The molecule has 1 aliphatic heterocycles. The highest BCUT2D eigenvalue weighted by Gasteiger charge is 2.39. The Hall–Kier alpha value is -3.23. The predicted octanol–water partition coefficient (Wildman–Crippen LogP) is 3.89. The van der Waals surface area contributed by atoms with E-state index < -0.39 is 23.9 Å². The van der Waals surface area contributed by atoms with Crippen molar-refractivity contribution in [2.75, 3.05) is 5.32 Å². The van der Waals surface area contributed by atoms with Crippen LogP contribution in [0.2, 0.25) is 0 Å². The molecule has 3 heterocycles. The van der Waals surface area contributed by atoms with Gasteiger partial charge in [0.1, 0.15) is 11.9 Å². The summed E-state index contributed by atoms with van der Waals surface area (Å²) in [5, 5.41) is 6.46. The highest BCUT2D eigenvalue weighted by molar-refractivity contribution is 5.76. The molecule has 4 rings (SSSR count). The molecule has 0 unspecified atom stereocenters. The Bertz CT molecular complexity index is 961. The molecule has 2 aromatic heterocycles. The van der Waals surface area contributed by atoms with E-state index in [9.17, 15) is 17.6 Å². The SMILES string of the molecule is Fc1ccc([C@H]2C=C(c3ccncc3)Nc3nc(C(F)(F)F)nn32)cc1. The monoisotopic (exact) mass is 361 g/mol. The van der Waals surface area contributed by atoms with Gasteiger partial charge in [0, 0.05) is 23.7 Å². The molecule has 132 valence electrons. The third-order valence-electron chi connectivity index (χ3n) is 3.92. The Morgan fingerprint density at radius 3 is 2.35 bits per heavy atom. The number of rotatable bonds is 2. The van der Waals surface area contributed by atoms with Crippen LogP contribution in [0.25, 0.3) is 5.70 Å². The van der Waals surface area contributed by atoms with Crippen molar-refractivity contribution in [1.29, 1.82) is 0 Å². The van der Waals surface area contributed by atoms with Gasteiger partial charge in [0.15, 0.2) is 0 Å². The number of hydrogen-bond donors (Lipinski definition) is 1. The number of nitrogens with zero attached hydrogens (tertiary/aromatic N) is 4. The summed E-state index contributed by atoms with van der Waals surface area (Å²) in [5.41, 5.74) is 1.88. The first-order valence-corrected chi connectivity index (χ1v) is 7.60. The zero-order valence-corrected chi connectivity index (χ0v) is 13.1. The molecule has 1 aliphatic rings. The minimum atomic E-state index is -4.67. The minimum absolute atomic E-state index is 0.0408. The first kappa shape index (κ1) is 16.2. The van der Waals surface area contributed by atoms with Crippen LogP contribution in [-0.4, -0.2) is 19.7 Å². The highest BCUT2D eigenvalue weighted by atomic mass is 19.4. The molecule has 9 heteroatoms. The Morgan fingerprint density at radius 1 is 1.00 bits per heavy atom. The molecule has 0 saturated heterocycles. The number of aromatic nitrogens is 4. The molecule has 5 nitrogen and oxygen atoms in total. The van der Waals surface area contributed by atoms with Crippen molar-refractivity contribution in [2.45, 2.75) is 12.2 Å². The molecule has 1 N–H and O–H groups in total. The molecule has 0 radical (unpaired) electrons. The topological polar surface area (TPSA) is 55.6 Å². The maximum atomic E-state index is 13.2. The number of hydrogen-bond acceptors (Lipinski definition) is 4. The van der Waals surface area contributed by atoms with Crippen molar-refractivity contribution in [2.24, 2.45) is 0 Å². The fraction of sp³-hybridized carbons (Fsp3) is 0.118. The molecule has 1 atom stereocenters. The second kappa shape index (κ2) is 5.94. The number of alkyl halides is 3. The summed E-state index contributed by atoms with van der Waals surface area (Å²) >= 11 is 0. The van der Waals surface area contributed by atoms with Crippen molar-refractivity contribution in [3.05, 3.63) is 77.6 Å². The van der Waals surface area contributed by atoms with Gasteiger partial charge in [-0.1, -0.05) is 12.1 Å². The Kier molecular flexibility index (Phi) is 3.71. The van der Waals surface area contributed by atoms with Crippen molar-refractivity contribution in [1.82, 2.24) is 19.7 Å². The van der Waals surface area contributed by atoms with Crippen LogP contribution in [0.4, 0.5) is 23.5 Å². The van der Waals surface area contributed by atoms with Gasteiger partial charge in [-0.3, -0.25) is 4.98 Å². The molecule has 1 aromatic carbocycles. The molecular formula is C17H11F4N5. The van der Waals surface area contributed by atoms with Gasteiger partial charge >= 0.3 is 6.18 Å². The van der Waals surface area contributed by atoms with Crippen molar-refractivity contribution >= 4 is 11.6 Å². The van der Waals surface area contributed by atoms with Crippen LogP contribution >= 0.6 is 0 Å². The van der Waals surface area contributed by atoms with Gasteiger partial charge < -0.3 is 5.32 Å². The van der Waals surface area contributed by atoms with Crippen molar-refractivity contribution in [3.63, 3.8) is 0 Å². The van der Waals surface area contributed by atoms with E-state index in [4.69, 9.17) is 0 Å². The lowest BCUT2D eigenvalue weighted by Gasteiger charge is -2.24. The number of fused-ring (bicyclic) bond motifs is 1. The number of nitrogens with one attached hydrogen (secondary N) is 1. The molecule has 0 bridgehead atoms. The third kappa shape index (κ3) is 2.92. The normalized spacial score (nSPS) is 16.6. The van der Waals surface area contributed by atoms with E-state index in [-0.39, 0.29) is 5.95 Å². The van der Waals surface area contributed by atoms with Crippen molar-refractivity contribution in [3.8, 4) is 0 Å². The zero-order valence-electron chi connectivity index (χ0n) is 13.1. The number of anilines is 1. The van der Waals surface area contributed by atoms with Crippen LogP contribution in [0.3, 0.4) is 0 Å². The smallest absolute Gasteiger partial charge is 0.324 e. The van der Waals surface area contributed by atoms with E-state index in [0.717, 1.165) is 10.2 Å². The van der Waals surface area contributed by atoms with E-state index in [0.29, 0.717) is 11.3 Å². The van der Waals surface area contributed by atoms with Gasteiger partial charge in [-0.2, -0.15) is 18.2 Å². The van der Waals surface area contributed by atoms with Gasteiger partial charge in [-0.15, -0.1) is 5.10 Å². The third-order valence-corrected chi connectivity index (χ3v) is 3.92. The van der Waals surface area contributed by atoms with Gasteiger partial charge in [-0.05, 0) is 35.9 Å². The number of benzene rings is 1.